The fourth-order valence-electron chi connectivity index (χ4n) is 2.54. The highest BCUT2D eigenvalue weighted by Gasteiger charge is 2.13. The number of nitro groups is 1. The van der Waals surface area contributed by atoms with Crippen LogP contribution in [-0.2, 0) is 14.3 Å². The van der Waals surface area contributed by atoms with E-state index < -0.39 is 23.4 Å². The first-order chi connectivity index (χ1) is 13.3. The second-order valence-electron chi connectivity index (χ2n) is 6.39. The smallest absolute Gasteiger partial charge is 0.331 e. The number of aryl methyl sites for hydroxylation is 2. The Kier molecular flexibility index (Phi) is 7.03. The monoisotopic (exact) mass is 382 g/mol. The molecule has 2 aromatic carbocycles. The van der Waals surface area contributed by atoms with Crippen molar-refractivity contribution in [3.63, 3.8) is 0 Å². The van der Waals surface area contributed by atoms with Crippen LogP contribution in [0.5, 0.6) is 0 Å². The summed E-state index contributed by atoms with van der Waals surface area (Å²) < 4.78 is 4.90. The van der Waals surface area contributed by atoms with Gasteiger partial charge in [-0.25, -0.2) is 4.79 Å². The zero-order valence-corrected chi connectivity index (χ0v) is 16.0. The van der Waals surface area contributed by atoms with Gasteiger partial charge in [0.1, 0.15) is 0 Å². The van der Waals surface area contributed by atoms with Crippen LogP contribution in [0.2, 0.25) is 0 Å². The zero-order valence-electron chi connectivity index (χ0n) is 16.0. The van der Waals surface area contributed by atoms with Crippen LogP contribution < -0.4 is 5.32 Å². The van der Waals surface area contributed by atoms with Crippen molar-refractivity contribution in [3.8, 4) is 0 Å². The standard InChI is InChI=1S/C21H22N2O5/c1-14-8-9-18(12-15(14)2)16(3)22-20(24)13-28-21(25)11-10-17-6-4-5-7-19(17)23(26)27/h4-12,16H,13H2,1-3H3,(H,22,24)/b11-10+/t16-/m1/s1. The number of rotatable bonds is 7. The van der Waals surface area contributed by atoms with Gasteiger partial charge in [0.2, 0.25) is 0 Å². The van der Waals surface area contributed by atoms with E-state index in [0.717, 1.165) is 17.2 Å². The summed E-state index contributed by atoms with van der Waals surface area (Å²) in [5, 5.41) is 13.7. The zero-order chi connectivity index (χ0) is 20.7. The number of esters is 1. The van der Waals surface area contributed by atoms with Crippen molar-refractivity contribution < 1.29 is 19.2 Å². The van der Waals surface area contributed by atoms with E-state index in [1.807, 2.05) is 39.0 Å². The Morgan fingerprint density at radius 2 is 1.89 bits per heavy atom. The van der Waals surface area contributed by atoms with Gasteiger partial charge in [-0.3, -0.25) is 14.9 Å². The van der Waals surface area contributed by atoms with Crippen molar-refractivity contribution in [2.45, 2.75) is 26.8 Å². The molecule has 0 aromatic heterocycles. The largest absolute Gasteiger partial charge is 0.452 e. The molecular formula is C21H22N2O5. The number of nitrogens with zero attached hydrogens (tertiary/aromatic N) is 1. The predicted molar refractivity (Wildman–Crippen MR) is 106 cm³/mol. The van der Waals surface area contributed by atoms with Gasteiger partial charge in [-0.15, -0.1) is 0 Å². The summed E-state index contributed by atoms with van der Waals surface area (Å²) in [5.41, 5.74) is 3.41. The van der Waals surface area contributed by atoms with Crippen LogP contribution in [0.1, 0.15) is 35.2 Å². The van der Waals surface area contributed by atoms with E-state index >= 15 is 0 Å². The van der Waals surface area contributed by atoms with Crippen LogP contribution in [-0.4, -0.2) is 23.4 Å². The van der Waals surface area contributed by atoms with Gasteiger partial charge in [0.25, 0.3) is 11.6 Å². The van der Waals surface area contributed by atoms with Gasteiger partial charge in [0.05, 0.1) is 16.5 Å². The first-order valence-electron chi connectivity index (χ1n) is 8.72. The van der Waals surface area contributed by atoms with Crippen molar-refractivity contribution in [1.29, 1.82) is 0 Å². The minimum Gasteiger partial charge on any atom is -0.452 e. The molecule has 1 N–H and O–H groups in total. The number of nitro benzene ring substituents is 1. The molecule has 0 saturated carbocycles. The fraction of sp³-hybridized carbons (Fsp3) is 0.238. The van der Waals surface area contributed by atoms with Crippen LogP contribution in [0.15, 0.2) is 48.5 Å². The van der Waals surface area contributed by atoms with Crippen molar-refractivity contribution in [3.05, 3.63) is 80.9 Å². The van der Waals surface area contributed by atoms with E-state index in [4.69, 9.17) is 4.74 Å². The maximum absolute atomic E-state index is 12.0. The highest BCUT2D eigenvalue weighted by Crippen LogP contribution is 2.19. The molecule has 0 unspecified atom stereocenters. The molecule has 0 radical (unpaired) electrons. The molecule has 2 rings (SSSR count). The summed E-state index contributed by atoms with van der Waals surface area (Å²) in [7, 11) is 0. The van der Waals surface area contributed by atoms with E-state index in [-0.39, 0.29) is 17.3 Å². The Morgan fingerprint density at radius 1 is 1.18 bits per heavy atom. The van der Waals surface area contributed by atoms with E-state index in [1.54, 1.807) is 6.07 Å². The molecule has 0 heterocycles. The Bertz CT molecular complexity index is 921. The molecule has 0 spiro atoms. The summed E-state index contributed by atoms with van der Waals surface area (Å²) >= 11 is 0. The van der Waals surface area contributed by atoms with Crippen LogP contribution in [0.25, 0.3) is 6.08 Å². The molecule has 7 nitrogen and oxygen atoms in total. The van der Waals surface area contributed by atoms with E-state index in [9.17, 15) is 19.7 Å². The summed E-state index contributed by atoms with van der Waals surface area (Å²) in [4.78, 5) is 34.2. The van der Waals surface area contributed by atoms with Gasteiger partial charge in [0.15, 0.2) is 6.61 Å². The Labute approximate surface area is 163 Å². The lowest BCUT2D eigenvalue weighted by molar-refractivity contribution is -0.385. The second kappa shape index (κ2) is 9.45. The van der Waals surface area contributed by atoms with Crippen molar-refractivity contribution in [1.82, 2.24) is 5.32 Å². The molecule has 0 aliphatic heterocycles. The van der Waals surface area contributed by atoms with Crippen LogP contribution in [0, 0.1) is 24.0 Å². The van der Waals surface area contributed by atoms with Gasteiger partial charge in [-0.05, 0) is 49.6 Å². The molecule has 0 aliphatic carbocycles. The van der Waals surface area contributed by atoms with Crippen molar-refractivity contribution in [2.24, 2.45) is 0 Å². The normalized spacial score (nSPS) is 11.8. The van der Waals surface area contributed by atoms with Gasteiger partial charge in [-0.2, -0.15) is 0 Å². The fourth-order valence-corrected chi connectivity index (χ4v) is 2.54. The third-order valence-electron chi connectivity index (χ3n) is 4.29. The molecule has 2 aromatic rings. The second-order valence-corrected chi connectivity index (χ2v) is 6.39. The van der Waals surface area contributed by atoms with E-state index in [1.165, 1.54) is 29.8 Å². The third kappa shape index (κ3) is 5.77. The number of benzene rings is 2. The van der Waals surface area contributed by atoms with E-state index in [0.29, 0.717) is 0 Å². The third-order valence-corrected chi connectivity index (χ3v) is 4.29. The van der Waals surface area contributed by atoms with Crippen LogP contribution >= 0.6 is 0 Å². The molecule has 146 valence electrons. The number of hydrogen-bond acceptors (Lipinski definition) is 5. The topological polar surface area (TPSA) is 98.5 Å². The van der Waals surface area contributed by atoms with Gasteiger partial charge < -0.3 is 10.1 Å². The lowest BCUT2D eigenvalue weighted by Crippen LogP contribution is -2.31. The minimum atomic E-state index is -0.757. The van der Waals surface area contributed by atoms with Crippen LogP contribution in [0.4, 0.5) is 5.69 Å². The molecule has 1 amide bonds. The van der Waals surface area contributed by atoms with Crippen LogP contribution in [0.3, 0.4) is 0 Å². The number of para-hydroxylation sites is 1. The quantitative estimate of drug-likeness (QED) is 0.341. The minimum absolute atomic E-state index is 0.119. The molecule has 1 atom stereocenters. The first-order valence-corrected chi connectivity index (χ1v) is 8.72. The lowest BCUT2D eigenvalue weighted by Gasteiger charge is -2.15. The number of nitrogens with one attached hydrogen (secondary N) is 1. The highest BCUT2D eigenvalue weighted by molar-refractivity contribution is 5.90. The summed E-state index contributed by atoms with van der Waals surface area (Å²) in [5.74, 6) is -1.19. The number of carbonyl (C=O) groups is 2. The average Bonchev–Trinajstić information content (AvgIpc) is 2.66. The predicted octanol–water partition coefficient (Wildman–Crippen LogP) is 3.65. The summed E-state index contributed by atoms with van der Waals surface area (Å²) in [6.45, 7) is 5.42. The number of amides is 1. The molecule has 0 fully saturated rings. The lowest BCUT2D eigenvalue weighted by atomic mass is 10.0. The van der Waals surface area contributed by atoms with Gasteiger partial charge in [-0.1, -0.05) is 30.3 Å². The maximum atomic E-state index is 12.0. The highest BCUT2D eigenvalue weighted by atomic mass is 16.6. The maximum Gasteiger partial charge on any atom is 0.331 e. The molecule has 0 aliphatic rings. The molecular weight excluding hydrogens is 360 g/mol. The van der Waals surface area contributed by atoms with Gasteiger partial charge in [0, 0.05) is 12.1 Å². The number of hydrogen-bond donors (Lipinski definition) is 1. The van der Waals surface area contributed by atoms with Crippen molar-refractivity contribution in [2.75, 3.05) is 6.61 Å². The molecule has 7 heteroatoms. The number of ether oxygens (including phenoxy) is 1. The molecule has 0 saturated heterocycles. The Hall–Kier alpha value is -3.48. The number of carbonyl (C=O) groups excluding carboxylic acids is 2. The molecule has 0 bridgehead atoms. The average molecular weight is 382 g/mol. The Morgan fingerprint density at radius 3 is 2.57 bits per heavy atom. The summed E-state index contributed by atoms with van der Waals surface area (Å²) in [6, 6.07) is 11.7. The van der Waals surface area contributed by atoms with Crippen molar-refractivity contribution >= 4 is 23.6 Å². The molecule has 28 heavy (non-hydrogen) atoms. The van der Waals surface area contributed by atoms with Gasteiger partial charge >= 0.3 is 5.97 Å². The first kappa shape index (κ1) is 20.8. The van der Waals surface area contributed by atoms with E-state index in [2.05, 4.69) is 5.32 Å². The SMILES string of the molecule is Cc1ccc([C@@H](C)NC(=O)COC(=O)/C=C/c2ccccc2[N+](=O)[O-])cc1C. The Balaban J connectivity index is 1.87. The summed E-state index contributed by atoms with van der Waals surface area (Å²) in [6.07, 6.45) is 2.35.